The summed E-state index contributed by atoms with van der Waals surface area (Å²) in [6.45, 7) is 6.15. The first-order chi connectivity index (χ1) is 12.7. The highest BCUT2D eigenvalue weighted by atomic mass is 16.5. The average molecular weight is 356 g/mol. The SMILES string of the molecule is COc1ccc(CN2CCN(c3ccccc3)CC2C)c(OC)c1OC. The monoisotopic (exact) mass is 356 g/mol. The molecule has 0 N–H and O–H groups in total. The van der Waals surface area contributed by atoms with Crippen molar-refractivity contribution in [1.29, 1.82) is 0 Å². The maximum atomic E-state index is 5.64. The van der Waals surface area contributed by atoms with Gasteiger partial charge in [-0.1, -0.05) is 24.3 Å². The van der Waals surface area contributed by atoms with Crippen molar-refractivity contribution in [3.63, 3.8) is 0 Å². The molecular formula is C21H28N2O3. The summed E-state index contributed by atoms with van der Waals surface area (Å²) in [5.74, 6) is 2.10. The van der Waals surface area contributed by atoms with Crippen molar-refractivity contribution in [3.8, 4) is 17.2 Å². The van der Waals surface area contributed by atoms with Crippen molar-refractivity contribution < 1.29 is 14.2 Å². The summed E-state index contributed by atoms with van der Waals surface area (Å²) in [7, 11) is 4.96. The highest BCUT2D eigenvalue weighted by molar-refractivity contribution is 5.55. The van der Waals surface area contributed by atoms with E-state index in [0.29, 0.717) is 17.5 Å². The Morgan fingerprint density at radius 1 is 0.885 bits per heavy atom. The highest BCUT2D eigenvalue weighted by Gasteiger charge is 2.26. The van der Waals surface area contributed by atoms with E-state index in [4.69, 9.17) is 14.2 Å². The zero-order valence-corrected chi connectivity index (χ0v) is 16.1. The molecule has 0 saturated carbocycles. The van der Waals surface area contributed by atoms with Gasteiger partial charge in [-0.3, -0.25) is 4.90 Å². The van der Waals surface area contributed by atoms with Crippen LogP contribution < -0.4 is 19.1 Å². The van der Waals surface area contributed by atoms with Crippen molar-refractivity contribution in [2.45, 2.75) is 19.5 Å². The number of methoxy groups -OCH3 is 3. The fourth-order valence-corrected chi connectivity index (χ4v) is 3.61. The Balaban J connectivity index is 1.74. The average Bonchev–Trinajstić information content (AvgIpc) is 2.69. The van der Waals surface area contributed by atoms with Crippen molar-refractivity contribution >= 4 is 5.69 Å². The molecule has 5 heteroatoms. The van der Waals surface area contributed by atoms with Gasteiger partial charge in [-0.05, 0) is 25.1 Å². The molecule has 3 rings (SSSR count). The molecule has 1 fully saturated rings. The number of rotatable bonds is 6. The first-order valence-electron chi connectivity index (χ1n) is 8.99. The molecule has 140 valence electrons. The molecule has 0 radical (unpaired) electrons. The number of piperazine rings is 1. The third-order valence-electron chi connectivity index (χ3n) is 5.05. The largest absolute Gasteiger partial charge is 0.493 e. The van der Waals surface area contributed by atoms with Gasteiger partial charge in [0, 0.05) is 43.5 Å². The van der Waals surface area contributed by atoms with Crippen LogP contribution in [0.25, 0.3) is 0 Å². The van der Waals surface area contributed by atoms with Gasteiger partial charge in [0.2, 0.25) is 5.75 Å². The van der Waals surface area contributed by atoms with Gasteiger partial charge < -0.3 is 19.1 Å². The maximum Gasteiger partial charge on any atom is 0.203 e. The predicted octanol–water partition coefficient (Wildman–Crippen LogP) is 3.42. The number of benzene rings is 2. The quantitative estimate of drug-likeness (QED) is 0.792. The Labute approximate surface area is 156 Å². The van der Waals surface area contributed by atoms with Gasteiger partial charge in [0.1, 0.15) is 0 Å². The highest BCUT2D eigenvalue weighted by Crippen LogP contribution is 2.40. The number of para-hydroxylation sites is 1. The number of hydrogen-bond acceptors (Lipinski definition) is 5. The first-order valence-corrected chi connectivity index (χ1v) is 8.99. The van der Waals surface area contributed by atoms with Crippen molar-refractivity contribution in [2.75, 3.05) is 45.9 Å². The van der Waals surface area contributed by atoms with Crippen LogP contribution >= 0.6 is 0 Å². The van der Waals surface area contributed by atoms with E-state index in [2.05, 4.69) is 53.1 Å². The molecule has 0 bridgehead atoms. The Bertz CT molecular complexity index is 721. The summed E-state index contributed by atoms with van der Waals surface area (Å²) < 4.78 is 16.5. The van der Waals surface area contributed by atoms with Crippen LogP contribution in [0.3, 0.4) is 0 Å². The Morgan fingerprint density at radius 2 is 1.62 bits per heavy atom. The molecule has 1 unspecified atom stereocenters. The number of hydrogen-bond donors (Lipinski definition) is 0. The minimum Gasteiger partial charge on any atom is -0.493 e. The molecule has 2 aromatic rings. The summed E-state index contributed by atoms with van der Waals surface area (Å²) >= 11 is 0. The fourth-order valence-electron chi connectivity index (χ4n) is 3.61. The van der Waals surface area contributed by atoms with Gasteiger partial charge in [0.05, 0.1) is 21.3 Å². The van der Waals surface area contributed by atoms with Gasteiger partial charge in [0.15, 0.2) is 11.5 Å². The molecule has 2 aromatic carbocycles. The molecule has 1 saturated heterocycles. The topological polar surface area (TPSA) is 34.2 Å². The van der Waals surface area contributed by atoms with Crippen LogP contribution in [0.2, 0.25) is 0 Å². The third-order valence-corrected chi connectivity index (χ3v) is 5.05. The zero-order valence-electron chi connectivity index (χ0n) is 16.1. The van der Waals surface area contributed by atoms with Crippen molar-refractivity contribution in [1.82, 2.24) is 4.90 Å². The van der Waals surface area contributed by atoms with Gasteiger partial charge in [0.25, 0.3) is 0 Å². The van der Waals surface area contributed by atoms with E-state index in [-0.39, 0.29) is 0 Å². The van der Waals surface area contributed by atoms with Gasteiger partial charge in [-0.2, -0.15) is 0 Å². The molecule has 26 heavy (non-hydrogen) atoms. The summed E-state index contributed by atoms with van der Waals surface area (Å²) in [5, 5.41) is 0. The standard InChI is InChI=1S/C21H28N2O3/c1-16-14-23(18-8-6-5-7-9-18)13-12-22(16)15-17-10-11-19(24-2)21(26-4)20(17)25-3/h5-11,16H,12-15H2,1-4H3. The van der Waals surface area contributed by atoms with Crippen LogP contribution in [0.15, 0.2) is 42.5 Å². The Morgan fingerprint density at radius 3 is 2.23 bits per heavy atom. The smallest absolute Gasteiger partial charge is 0.203 e. The van der Waals surface area contributed by atoms with Crippen LogP contribution in [0, 0.1) is 0 Å². The lowest BCUT2D eigenvalue weighted by Crippen LogP contribution is -2.51. The van der Waals surface area contributed by atoms with E-state index < -0.39 is 0 Å². The normalized spacial score (nSPS) is 17.8. The van der Waals surface area contributed by atoms with Gasteiger partial charge in [-0.25, -0.2) is 0 Å². The summed E-state index contributed by atoms with van der Waals surface area (Å²) in [5.41, 5.74) is 2.41. The molecule has 0 aliphatic carbocycles. The van der Waals surface area contributed by atoms with Crippen LogP contribution in [0.5, 0.6) is 17.2 Å². The molecule has 5 nitrogen and oxygen atoms in total. The lowest BCUT2D eigenvalue weighted by molar-refractivity contribution is 0.178. The molecule has 0 spiro atoms. The van der Waals surface area contributed by atoms with E-state index in [0.717, 1.165) is 37.5 Å². The molecule has 0 aromatic heterocycles. The molecular weight excluding hydrogens is 328 g/mol. The molecule has 0 amide bonds. The summed E-state index contributed by atoms with van der Waals surface area (Å²) in [6, 6.07) is 15.1. The molecule has 1 aliphatic heterocycles. The zero-order chi connectivity index (χ0) is 18.5. The summed E-state index contributed by atoms with van der Waals surface area (Å²) in [4.78, 5) is 4.94. The minimum absolute atomic E-state index is 0.446. The van der Waals surface area contributed by atoms with E-state index in [1.54, 1.807) is 21.3 Å². The van der Waals surface area contributed by atoms with Crippen molar-refractivity contribution in [2.24, 2.45) is 0 Å². The predicted molar refractivity (Wildman–Crippen MR) is 105 cm³/mol. The summed E-state index contributed by atoms with van der Waals surface area (Å²) in [6.07, 6.45) is 0. The van der Waals surface area contributed by atoms with E-state index in [1.807, 2.05) is 6.07 Å². The van der Waals surface area contributed by atoms with Crippen LogP contribution in [0.1, 0.15) is 12.5 Å². The van der Waals surface area contributed by atoms with E-state index >= 15 is 0 Å². The van der Waals surface area contributed by atoms with Gasteiger partial charge >= 0.3 is 0 Å². The van der Waals surface area contributed by atoms with Crippen LogP contribution in [0.4, 0.5) is 5.69 Å². The minimum atomic E-state index is 0.446. The molecule has 1 aliphatic rings. The Hall–Kier alpha value is -2.40. The van der Waals surface area contributed by atoms with Crippen LogP contribution in [-0.2, 0) is 6.54 Å². The fraction of sp³-hybridized carbons (Fsp3) is 0.429. The number of anilines is 1. The second-order valence-electron chi connectivity index (χ2n) is 6.59. The van der Waals surface area contributed by atoms with Crippen molar-refractivity contribution in [3.05, 3.63) is 48.0 Å². The third kappa shape index (κ3) is 3.73. The lowest BCUT2D eigenvalue weighted by Gasteiger charge is -2.41. The first kappa shape index (κ1) is 18.4. The number of nitrogens with zero attached hydrogens (tertiary/aromatic N) is 2. The van der Waals surface area contributed by atoms with Gasteiger partial charge in [-0.15, -0.1) is 0 Å². The van der Waals surface area contributed by atoms with Crippen LogP contribution in [-0.4, -0.2) is 51.9 Å². The number of ether oxygens (including phenoxy) is 3. The molecule has 1 atom stereocenters. The lowest BCUT2D eigenvalue weighted by atomic mass is 10.1. The second-order valence-corrected chi connectivity index (χ2v) is 6.59. The molecule has 1 heterocycles. The van der Waals surface area contributed by atoms with E-state index in [9.17, 15) is 0 Å². The second kappa shape index (κ2) is 8.32. The Kier molecular flexibility index (Phi) is 5.89. The van der Waals surface area contributed by atoms with E-state index in [1.165, 1.54) is 5.69 Å². The maximum absolute atomic E-state index is 5.64.